The molecule has 0 aliphatic rings. The minimum Gasteiger partial charge on any atom is -0.480 e. The molecule has 2 amide bonds. The number of carbonyl (C=O) groups excluding carboxylic acids is 1. The molecule has 0 radical (unpaired) electrons. The van der Waals surface area contributed by atoms with Crippen molar-refractivity contribution < 1.29 is 19.1 Å². The first kappa shape index (κ1) is 15.1. The minimum absolute atomic E-state index is 0.117. The van der Waals surface area contributed by atoms with E-state index >= 15 is 0 Å². The van der Waals surface area contributed by atoms with Gasteiger partial charge in [-0.2, -0.15) is 0 Å². The highest BCUT2D eigenvalue weighted by atomic mass is 16.4. The molecule has 6 heteroatoms. The van der Waals surface area contributed by atoms with Crippen molar-refractivity contribution in [2.75, 3.05) is 6.54 Å². The largest absolute Gasteiger partial charge is 0.480 e. The van der Waals surface area contributed by atoms with Gasteiger partial charge in [0.2, 0.25) is 0 Å². The molecule has 19 heavy (non-hydrogen) atoms. The van der Waals surface area contributed by atoms with Gasteiger partial charge in [-0.1, -0.05) is 20.3 Å². The van der Waals surface area contributed by atoms with Gasteiger partial charge in [-0.05, 0) is 18.1 Å². The van der Waals surface area contributed by atoms with Crippen LogP contribution >= 0.6 is 0 Å². The quantitative estimate of drug-likeness (QED) is 0.700. The maximum Gasteiger partial charge on any atom is 0.326 e. The van der Waals surface area contributed by atoms with E-state index in [0.717, 1.165) is 5.76 Å². The summed E-state index contributed by atoms with van der Waals surface area (Å²) in [6.07, 6.45) is 2.82. The third-order valence-electron chi connectivity index (χ3n) is 3.00. The van der Waals surface area contributed by atoms with Crippen molar-refractivity contribution in [2.24, 2.45) is 5.92 Å². The van der Waals surface area contributed by atoms with Gasteiger partial charge < -0.3 is 20.2 Å². The average molecular weight is 268 g/mol. The van der Waals surface area contributed by atoms with E-state index in [1.54, 1.807) is 19.3 Å². The van der Waals surface area contributed by atoms with Gasteiger partial charge in [-0.3, -0.25) is 0 Å². The number of aliphatic carboxylic acids is 1. The maximum atomic E-state index is 11.6. The first-order valence-corrected chi connectivity index (χ1v) is 6.34. The monoisotopic (exact) mass is 268 g/mol. The summed E-state index contributed by atoms with van der Waals surface area (Å²) in [5, 5.41) is 14.1. The van der Waals surface area contributed by atoms with Crippen molar-refractivity contribution in [3.63, 3.8) is 0 Å². The van der Waals surface area contributed by atoms with E-state index in [2.05, 4.69) is 10.6 Å². The lowest BCUT2D eigenvalue weighted by Gasteiger charge is -2.20. The lowest BCUT2D eigenvalue weighted by molar-refractivity contribution is -0.140. The SMILES string of the molecule is CCC(C)C(NC(=O)NCCc1ccco1)C(=O)O. The second kappa shape index (κ2) is 7.45. The van der Waals surface area contributed by atoms with Gasteiger partial charge in [0.1, 0.15) is 11.8 Å². The molecule has 0 aromatic carbocycles. The molecule has 1 rings (SSSR count). The highest BCUT2D eigenvalue weighted by Crippen LogP contribution is 2.07. The van der Waals surface area contributed by atoms with Crippen LogP contribution < -0.4 is 10.6 Å². The van der Waals surface area contributed by atoms with Crippen molar-refractivity contribution in [2.45, 2.75) is 32.7 Å². The lowest BCUT2D eigenvalue weighted by atomic mass is 9.99. The third-order valence-corrected chi connectivity index (χ3v) is 3.00. The molecule has 106 valence electrons. The topological polar surface area (TPSA) is 91.6 Å². The summed E-state index contributed by atoms with van der Waals surface area (Å²) in [6, 6.07) is 2.25. The highest BCUT2D eigenvalue weighted by Gasteiger charge is 2.24. The van der Waals surface area contributed by atoms with Crippen LogP contribution in [0.25, 0.3) is 0 Å². The standard InChI is InChI=1S/C13H20N2O4/c1-3-9(2)11(12(16)17)15-13(18)14-7-6-10-5-4-8-19-10/h4-5,8-9,11H,3,6-7H2,1-2H3,(H,16,17)(H2,14,15,18). The summed E-state index contributed by atoms with van der Waals surface area (Å²) in [4.78, 5) is 22.6. The first-order valence-electron chi connectivity index (χ1n) is 6.34. The second-order valence-electron chi connectivity index (χ2n) is 4.43. The summed E-state index contributed by atoms with van der Waals surface area (Å²) in [7, 11) is 0. The summed E-state index contributed by atoms with van der Waals surface area (Å²) in [6.45, 7) is 4.07. The minimum atomic E-state index is -1.02. The molecule has 1 heterocycles. The van der Waals surface area contributed by atoms with Gasteiger partial charge in [0.15, 0.2) is 0 Å². The number of amides is 2. The Morgan fingerprint density at radius 1 is 1.47 bits per heavy atom. The van der Waals surface area contributed by atoms with Crippen LogP contribution in [0.3, 0.4) is 0 Å². The van der Waals surface area contributed by atoms with Crippen molar-refractivity contribution in [1.82, 2.24) is 10.6 Å². The molecule has 0 bridgehead atoms. The van der Waals surface area contributed by atoms with E-state index in [4.69, 9.17) is 9.52 Å². The summed E-state index contributed by atoms with van der Waals surface area (Å²) < 4.78 is 5.12. The smallest absolute Gasteiger partial charge is 0.326 e. The van der Waals surface area contributed by atoms with E-state index in [0.29, 0.717) is 19.4 Å². The molecule has 3 N–H and O–H groups in total. The van der Waals surface area contributed by atoms with E-state index in [1.165, 1.54) is 0 Å². The van der Waals surface area contributed by atoms with E-state index < -0.39 is 18.0 Å². The van der Waals surface area contributed by atoms with E-state index in [9.17, 15) is 9.59 Å². The highest BCUT2D eigenvalue weighted by molar-refractivity contribution is 5.82. The Morgan fingerprint density at radius 2 is 2.21 bits per heavy atom. The Labute approximate surface area is 112 Å². The van der Waals surface area contributed by atoms with E-state index in [-0.39, 0.29) is 5.92 Å². The summed E-state index contributed by atoms with van der Waals surface area (Å²) >= 11 is 0. The molecule has 0 fully saturated rings. The maximum absolute atomic E-state index is 11.6. The number of furan rings is 1. The van der Waals surface area contributed by atoms with Crippen LogP contribution in [-0.4, -0.2) is 29.7 Å². The summed E-state index contributed by atoms with van der Waals surface area (Å²) in [5.74, 6) is -0.360. The van der Waals surface area contributed by atoms with Gasteiger partial charge in [-0.15, -0.1) is 0 Å². The van der Waals surface area contributed by atoms with Crippen molar-refractivity contribution in [3.05, 3.63) is 24.2 Å². The zero-order valence-corrected chi connectivity index (χ0v) is 11.2. The van der Waals surface area contributed by atoms with Crippen LogP contribution in [-0.2, 0) is 11.2 Å². The van der Waals surface area contributed by atoms with Gasteiger partial charge in [0.25, 0.3) is 0 Å². The van der Waals surface area contributed by atoms with Crippen molar-refractivity contribution in [1.29, 1.82) is 0 Å². The number of carboxylic acids is 1. The zero-order chi connectivity index (χ0) is 14.3. The molecule has 2 unspecified atom stereocenters. The molecule has 1 aromatic heterocycles. The average Bonchev–Trinajstić information content (AvgIpc) is 2.87. The molecule has 0 saturated carbocycles. The van der Waals surface area contributed by atoms with Crippen LogP contribution in [0, 0.1) is 5.92 Å². The number of carboxylic acid groups (broad SMARTS) is 1. The predicted octanol–water partition coefficient (Wildman–Crippen LogP) is 1.62. The Morgan fingerprint density at radius 3 is 2.74 bits per heavy atom. The van der Waals surface area contributed by atoms with Crippen LogP contribution in [0.5, 0.6) is 0 Å². The third kappa shape index (κ3) is 5.03. The Hall–Kier alpha value is -1.98. The van der Waals surface area contributed by atoms with Crippen LogP contribution in [0.15, 0.2) is 22.8 Å². The van der Waals surface area contributed by atoms with Crippen LogP contribution in [0.1, 0.15) is 26.0 Å². The fourth-order valence-corrected chi connectivity index (χ4v) is 1.63. The van der Waals surface area contributed by atoms with Gasteiger partial charge >= 0.3 is 12.0 Å². The second-order valence-corrected chi connectivity index (χ2v) is 4.43. The molecule has 6 nitrogen and oxygen atoms in total. The van der Waals surface area contributed by atoms with Crippen LogP contribution in [0.4, 0.5) is 4.79 Å². The van der Waals surface area contributed by atoms with E-state index in [1.807, 2.05) is 13.0 Å². The van der Waals surface area contributed by atoms with Gasteiger partial charge in [-0.25, -0.2) is 9.59 Å². The molecular formula is C13H20N2O4. The number of hydrogen-bond acceptors (Lipinski definition) is 3. The zero-order valence-electron chi connectivity index (χ0n) is 11.2. The molecule has 2 atom stereocenters. The molecule has 0 aliphatic carbocycles. The Bertz CT molecular complexity index is 403. The fraction of sp³-hybridized carbons (Fsp3) is 0.538. The van der Waals surface area contributed by atoms with Crippen LogP contribution in [0.2, 0.25) is 0 Å². The number of urea groups is 1. The molecular weight excluding hydrogens is 248 g/mol. The normalized spacial score (nSPS) is 13.6. The molecule has 0 saturated heterocycles. The molecule has 0 aliphatic heterocycles. The number of nitrogens with one attached hydrogen (secondary N) is 2. The van der Waals surface area contributed by atoms with Gasteiger partial charge in [0.05, 0.1) is 6.26 Å². The predicted molar refractivity (Wildman–Crippen MR) is 69.8 cm³/mol. The first-order chi connectivity index (χ1) is 9.04. The lowest BCUT2D eigenvalue weighted by Crippen LogP contribution is -2.49. The Balaban J connectivity index is 2.34. The van der Waals surface area contributed by atoms with Gasteiger partial charge in [0, 0.05) is 13.0 Å². The number of rotatable bonds is 7. The molecule has 0 spiro atoms. The number of carbonyl (C=O) groups is 2. The number of hydrogen-bond donors (Lipinski definition) is 3. The Kier molecular flexibility index (Phi) is 5.92. The molecule has 1 aromatic rings. The fourth-order valence-electron chi connectivity index (χ4n) is 1.63. The van der Waals surface area contributed by atoms with Crippen molar-refractivity contribution >= 4 is 12.0 Å². The van der Waals surface area contributed by atoms with Crippen molar-refractivity contribution in [3.8, 4) is 0 Å². The summed E-state index contributed by atoms with van der Waals surface area (Å²) in [5.41, 5.74) is 0.